The zero-order valence-electron chi connectivity index (χ0n) is 12.4. The number of hydrogen-bond donors (Lipinski definition) is 0. The van der Waals surface area contributed by atoms with Gasteiger partial charge in [-0.3, -0.25) is 0 Å². The summed E-state index contributed by atoms with van der Waals surface area (Å²) in [6, 6.07) is 20.6. The fourth-order valence-corrected chi connectivity index (χ4v) is 3.11. The van der Waals surface area contributed by atoms with Crippen molar-refractivity contribution in [3.05, 3.63) is 70.7 Å². The van der Waals surface area contributed by atoms with Crippen LogP contribution in [0.1, 0.15) is 11.1 Å². The Morgan fingerprint density at radius 2 is 1.58 bits per heavy atom. The van der Waals surface area contributed by atoms with E-state index in [0.29, 0.717) is 21.7 Å². The summed E-state index contributed by atoms with van der Waals surface area (Å²) in [5, 5.41) is 20.9. The van der Waals surface area contributed by atoms with Crippen molar-refractivity contribution in [3.8, 4) is 23.3 Å². The zero-order chi connectivity index (χ0) is 16.7. The number of rotatable bonds is 1. The Bertz CT molecular complexity index is 1160. The van der Waals surface area contributed by atoms with Crippen LogP contribution in [-0.2, 0) is 0 Å². The van der Waals surface area contributed by atoms with E-state index in [4.69, 9.17) is 16.0 Å². The largest absolute Gasteiger partial charge is 0.456 e. The average molecular weight is 329 g/mol. The molecular weight excluding hydrogens is 320 g/mol. The van der Waals surface area contributed by atoms with Crippen molar-refractivity contribution in [1.29, 1.82) is 10.5 Å². The van der Waals surface area contributed by atoms with Gasteiger partial charge < -0.3 is 4.42 Å². The Morgan fingerprint density at radius 1 is 0.833 bits per heavy atom. The highest BCUT2D eigenvalue weighted by molar-refractivity contribution is 6.31. The molecule has 3 aromatic carbocycles. The van der Waals surface area contributed by atoms with E-state index in [2.05, 4.69) is 12.1 Å². The summed E-state index contributed by atoms with van der Waals surface area (Å²) in [7, 11) is 0. The first kappa shape index (κ1) is 14.3. The van der Waals surface area contributed by atoms with Crippen molar-refractivity contribution in [2.45, 2.75) is 0 Å². The van der Waals surface area contributed by atoms with Gasteiger partial charge in [0.15, 0.2) is 0 Å². The van der Waals surface area contributed by atoms with Crippen molar-refractivity contribution in [1.82, 2.24) is 0 Å². The van der Waals surface area contributed by atoms with Crippen LogP contribution in [0.5, 0.6) is 0 Å². The van der Waals surface area contributed by atoms with Gasteiger partial charge in [-0.15, -0.1) is 0 Å². The molecule has 3 nitrogen and oxygen atoms in total. The first-order chi connectivity index (χ1) is 11.7. The molecule has 0 unspecified atom stereocenters. The van der Waals surface area contributed by atoms with E-state index in [1.54, 1.807) is 24.3 Å². The Hall–Kier alpha value is -3.27. The summed E-state index contributed by atoms with van der Waals surface area (Å²) in [6.07, 6.45) is 0. The minimum Gasteiger partial charge on any atom is -0.456 e. The minimum atomic E-state index is 0.455. The number of fused-ring (bicyclic) bond motifs is 3. The number of nitriles is 2. The maximum atomic E-state index is 9.21. The van der Waals surface area contributed by atoms with Crippen molar-refractivity contribution in [3.63, 3.8) is 0 Å². The lowest BCUT2D eigenvalue weighted by Gasteiger charge is -2.05. The van der Waals surface area contributed by atoms with Gasteiger partial charge in [0.25, 0.3) is 0 Å². The van der Waals surface area contributed by atoms with Crippen molar-refractivity contribution >= 4 is 33.5 Å². The van der Waals surface area contributed by atoms with E-state index in [-0.39, 0.29) is 0 Å². The van der Waals surface area contributed by atoms with Crippen LogP contribution in [0.2, 0.25) is 5.02 Å². The lowest BCUT2D eigenvalue weighted by molar-refractivity contribution is 0.669. The van der Waals surface area contributed by atoms with Crippen LogP contribution in [0.3, 0.4) is 0 Å². The molecule has 24 heavy (non-hydrogen) atoms. The molecule has 0 fully saturated rings. The van der Waals surface area contributed by atoms with Crippen LogP contribution in [0.4, 0.5) is 0 Å². The summed E-state index contributed by atoms with van der Waals surface area (Å²) in [6.45, 7) is 0. The van der Waals surface area contributed by atoms with Gasteiger partial charge in [-0.1, -0.05) is 23.7 Å². The molecule has 0 saturated carbocycles. The number of furan rings is 1. The van der Waals surface area contributed by atoms with Crippen LogP contribution in [0.15, 0.2) is 59.0 Å². The summed E-state index contributed by atoms with van der Waals surface area (Å²) >= 11 is 6.05. The summed E-state index contributed by atoms with van der Waals surface area (Å²) in [5.74, 6) is 0. The van der Waals surface area contributed by atoms with Gasteiger partial charge in [0.2, 0.25) is 0 Å². The predicted molar refractivity (Wildman–Crippen MR) is 93.6 cm³/mol. The highest BCUT2D eigenvalue weighted by atomic mass is 35.5. The lowest BCUT2D eigenvalue weighted by atomic mass is 9.96. The topological polar surface area (TPSA) is 60.7 Å². The molecule has 4 heteroatoms. The van der Waals surface area contributed by atoms with Crippen LogP contribution >= 0.6 is 11.6 Å². The quantitative estimate of drug-likeness (QED) is 0.453. The monoisotopic (exact) mass is 328 g/mol. The van der Waals surface area contributed by atoms with E-state index < -0.39 is 0 Å². The van der Waals surface area contributed by atoms with Gasteiger partial charge >= 0.3 is 0 Å². The normalized spacial score (nSPS) is 10.6. The minimum absolute atomic E-state index is 0.455. The second-order valence-corrected chi connectivity index (χ2v) is 5.88. The van der Waals surface area contributed by atoms with Crippen LogP contribution in [-0.4, -0.2) is 0 Å². The molecule has 0 atom stereocenters. The van der Waals surface area contributed by atoms with E-state index >= 15 is 0 Å². The first-order valence-corrected chi connectivity index (χ1v) is 7.64. The van der Waals surface area contributed by atoms with Gasteiger partial charge in [-0.25, -0.2) is 0 Å². The second kappa shape index (κ2) is 5.42. The Balaban J connectivity index is 2.10. The summed E-state index contributed by atoms with van der Waals surface area (Å²) < 4.78 is 5.89. The molecule has 0 spiro atoms. The maximum absolute atomic E-state index is 9.21. The predicted octanol–water partition coefficient (Wildman–Crippen LogP) is 5.65. The molecule has 0 N–H and O–H groups in total. The molecule has 0 saturated heterocycles. The molecule has 4 rings (SSSR count). The van der Waals surface area contributed by atoms with E-state index in [1.165, 1.54) is 0 Å². The number of halogens is 1. The molecule has 0 aliphatic heterocycles. The molecule has 1 aromatic heterocycles. The van der Waals surface area contributed by atoms with Crippen LogP contribution < -0.4 is 0 Å². The average Bonchev–Trinajstić information content (AvgIpc) is 2.98. The third kappa shape index (κ3) is 2.20. The molecule has 0 bridgehead atoms. The van der Waals surface area contributed by atoms with Gasteiger partial charge in [0.05, 0.1) is 23.3 Å². The van der Waals surface area contributed by atoms with E-state index in [0.717, 1.165) is 27.5 Å². The molecule has 0 amide bonds. The number of hydrogen-bond acceptors (Lipinski definition) is 3. The summed E-state index contributed by atoms with van der Waals surface area (Å²) in [5.41, 5.74) is 4.09. The third-order valence-electron chi connectivity index (χ3n) is 3.96. The van der Waals surface area contributed by atoms with E-state index in [1.807, 2.05) is 30.3 Å². The molecular formula is C20H9ClN2O. The molecule has 0 aliphatic carbocycles. The first-order valence-electron chi connectivity index (χ1n) is 7.26. The Kier molecular flexibility index (Phi) is 3.24. The van der Waals surface area contributed by atoms with Crippen molar-refractivity contribution in [2.24, 2.45) is 0 Å². The molecule has 1 heterocycles. The second-order valence-electron chi connectivity index (χ2n) is 5.44. The third-order valence-corrected chi connectivity index (χ3v) is 4.20. The fourth-order valence-electron chi connectivity index (χ4n) is 2.95. The Morgan fingerprint density at radius 3 is 2.29 bits per heavy atom. The molecule has 112 valence electrons. The highest BCUT2D eigenvalue weighted by Gasteiger charge is 2.13. The number of benzene rings is 3. The standard InChI is InChI=1S/C20H9ClN2O/c21-15-4-5-17-19(9-15)24-18-3-1-2-16(20(17)18)14-7-12(10-22)6-13(8-14)11-23/h1-9H. The highest BCUT2D eigenvalue weighted by Crippen LogP contribution is 2.37. The lowest BCUT2D eigenvalue weighted by Crippen LogP contribution is -1.85. The smallest absolute Gasteiger partial charge is 0.136 e. The van der Waals surface area contributed by atoms with Gasteiger partial charge in [0.1, 0.15) is 11.2 Å². The summed E-state index contributed by atoms with van der Waals surface area (Å²) in [4.78, 5) is 0. The van der Waals surface area contributed by atoms with Crippen molar-refractivity contribution < 1.29 is 4.42 Å². The van der Waals surface area contributed by atoms with Crippen LogP contribution in [0, 0.1) is 22.7 Å². The SMILES string of the molecule is N#Cc1cc(C#N)cc(-c2cccc3oc4cc(Cl)ccc4c23)c1. The van der Waals surface area contributed by atoms with Gasteiger partial charge in [0, 0.05) is 21.9 Å². The molecule has 4 aromatic rings. The van der Waals surface area contributed by atoms with Gasteiger partial charge in [-0.05, 0) is 47.5 Å². The van der Waals surface area contributed by atoms with Gasteiger partial charge in [-0.2, -0.15) is 10.5 Å². The number of nitrogens with zero attached hydrogens (tertiary/aromatic N) is 2. The molecule has 0 radical (unpaired) electrons. The molecule has 0 aliphatic rings. The Labute approximate surface area is 142 Å². The van der Waals surface area contributed by atoms with E-state index in [9.17, 15) is 10.5 Å². The fraction of sp³-hybridized carbons (Fsp3) is 0. The zero-order valence-corrected chi connectivity index (χ0v) is 13.1. The van der Waals surface area contributed by atoms with Crippen molar-refractivity contribution in [2.75, 3.05) is 0 Å². The maximum Gasteiger partial charge on any atom is 0.136 e. The van der Waals surface area contributed by atoms with Crippen LogP contribution in [0.25, 0.3) is 33.1 Å².